The van der Waals surface area contributed by atoms with Gasteiger partial charge < -0.3 is 4.74 Å². The van der Waals surface area contributed by atoms with Gasteiger partial charge in [-0.2, -0.15) is 0 Å². The van der Waals surface area contributed by atoms with Gasteiger partial charge >= 0.3 is 5.97 Å². The van der Waals surface area contributed by atoms with Gasteiger partial charge in [0.1, 0.15) is 5.00 Å². The summed E-state index contributed by atoms with van der Waals surface area (Å²) >= 11 is 1.23. The molecule has 1 rings (SSSR count). The molecule has 0 aliphatic rings. The number of rotatable bonds is 5. The van der Waals surface area contributed by atoms with Crippen LogP contribution in [-0.2, 0) is 14.8 Å². The lowest BCUT2D eigenvalue weighted by molar-refractivity contribution is 0.0528. The topological polar surface area (TPSA) is 72.5 Å². The van der Waals surface area contributed by atoms with Crippen molar-refractivity contribution in [1.29, 1.82) is 0 Å². The van der Waals surface area contributed by atoms with E-state index in [0.717, 1.165) is 4.88 Å². The maximum Gasteiger partial charge on any atom is 0.341 e. The highest BCUT2D eigenvalue weighted by atomic mass is 32.2. The molecule has 0 amide bonds. The summed E-state index contributed by atoms with van der Waals surface area (Å²) in [7, 11) is -3.50. The Morgan fingerprint density at radius 3 is 2.50 bits per heavy atom. The predicted molar refractivity (Wildman–Crippen MR) is 81.9 cm³/mol. The second-order valence-corrected chi connectivity index (χ2v) is 8.72. The Labute approximate surface area is 124 Å². The van der Waals surface area contributed by atoms with Crippen molar-refractivity contribution in [3.63, 3.8) is 0 Å². The Morgan fingerprint density at radius 1 is 1.40 bits per heavy atom. The van der Waals surface area contributed by atoms with Gasteiger partial charge in [0.25, 0.3) is 0 Å². The first kappa shape index (κ1) is 17.0. The van der Waals surface area contributed by atoms with E-state index in [0.29, 0.717) is 5.00 Å². The first-order valence-electron chi connectivity index (χ1n) is 6.32. The number of sulfonamides is 1. The fraction of sp³-hybridized carbons (Fsp3) is 0.615. The zero-order chi connectivity index (χ0) is 15.6. The SMILES string of the molecule is CCOC(=O)c1cc(C)sc1NS(=O)(=O)CC(C)(C)C. The molecule has 5 nitrogen and oxygen atoms in total. The standard InChI is InChI=1S/C13H21NO4S2/c1-6-18-12(15)10-7-9(2)19-11(10)14-20(16,17)8-13(3,4)5/h7,14H,6,8H2,1-5H3. The van der Waals surface area contributed by atoms with E-state index in [-0.39, 0.29) is 23.3 Å². The van der Waals surface area contributed by atoms with Crippen LogP contribution in [0, 0.1) is 12.3 Å². The molecule has 0 unspecified atom stereocenters. The number of anilines is 1. The third-order valence-corrected chi connectivity index (χ3v) is 5.08. The van der Waals surface area contributed by atoms with Gasteiger partial charge in [0.2, 0.25) is 10.0 Å². The number of hydrogen-bond donors (Lipinski definition) is 1. The van der Waals surface area contributed by atoms with Crippen molar-refractivity contribution in [2.24, 2.45) is 5.41 Å². The third kappa shape index (κ3) is 5.13. The molecular formula is C13H21NO4S2. The Balaban J connectivity index is 3.01. The molecule has 0 spiro atoms. The Morgan fingerprint density at radius 2 is 2.00 bits per heavy atom. The largest absolute Gasteiger partial charge is 0.462 e. The number of aryl methyl sites for hydroxylation is 1. The third-order valence-electron chi connectivity index (χ3n) is 2.22. The number of carbonyl (C=O) groups is 1. The summed E-state index contributed by atoms with van der Waals surface area (Å²) in [6, 6.07) is 1.64. The predicted octanol–water partition coefficient (Wildman–Crippen LogP) is 3.02. The Bertz CT molecular complexity index is 582. The molecule has 0 radical (unpaired) electrons. The maximum absolute atomic E-state index is 12.1. The first-order chi connectivity index (χ1) is 9.04. The van der Waals surface area contributed by atoms with Gasteiger partial charge in [0.15, 0.2) is 0 Å². The van der Waals surface area contributed by atoms with Crippen molar-refractivity contribution < 1.29 is 17.9 Å². The monoisotopic (exact) mass is 319 g/mol. The quantitative estimate of drug-likeness (QED) is 0.847. The van der Waals surface area contributed by atoms with Gasteiger partial charge in [0, 0.05) is 4.88 Å². The minimum atomic E-state index is -3.50. The van der Waals surface area contributed by atoms with E-state index < -0.39 is 16.0 Å². The molecule has 0 atom stereocenters. The number of ether oxygens (including phenoxy) is 1. The highest BCUT2D eigenvalue weighted by Gasteiger charge is 2.25. The zero-order valence-corrected chi connectivity index (χ0v) is 14.1. The van der Waals surface area contributed by atoms with Crippen molar-refractivity contribution in [3.05, 3.63) is 16.5 Å². The van der Waals surface area contributed by atoms with Crippen LogP contribution in [0.25, 0.3) is 0 Å². The van der Waals surface area contributed by atoms with E-state index in [1.807, 2.05) is 27.7 Å². The molecule has 20 heavy (non-hydrogen) atoms. The maximum atomic E-state index is 12.1. The minimum Gasteiger partial charge on any atom is -0.462 e. The van der Waals surface area contributed by atoms with Crippen LogP contribution in [0.3, 0.4) is 0 Å². The normalized spacial score (nSPS) is 12.2. The molecule has 0 bridgehead atoms. The molecule has 0 aromatic carbocycles. The molecule has 1 N–H and O–H groups in total. The summed E-state index contributed by atoms with van der Waals surface area (Å²) in [6.07, 6.45) is 0. The van der Waals surface area contributed by atoms with Crippen LogP contribution >= 0.6 is 11.3 Å². The van der Waals surface area contributed by atoms with Crippen LogP contribution in [0.5, 0.6) is 0 Å². The fourth-order valence-corrected chi connectivity index (χ4v) is 4.60. The smallest absolute Gasteiger partial charge is 0.341 e. The van der Waals surface area contributed by atoms with Crippen LogP contribution in [0.15, 0.2) is 6.07 Å². The average molecular weight is 319 g/mol. The molecule has 1 aromatic rings. The highest BCUT2D eigenvalue weighted by Crippen LogP contribution is 2.30. The van der Waals surface area contributed by atoms with Gasteiger partial charge in [-0.25, -0.2) is 13.2 Å². The van der Waals surface area contributed by atoms with Gasteiger partial charge in [-0.15, -0.1) is 11.3 Å². The number of carbonyl (C=O) groups excluding carboxylic acids is 1. The van der Waals surface area contributed by atoms with Crippen molar-refractivity contribution in [2.45, 2.75) is 34.6 Å². The molecule has 1 heterocycles. The summed E-state index contributed by atoms with van der Waals surface area (Å²) in [4.78, 5) is 12.6. The Hall–Kier alpha value is -1.08. The first-order valence-corrected chi connectivity index (χ1v) is 8.79. The molecule has 7 heteroatoms. The summed E-state index contributed by atoms with van der Waals surface area (Å²) in [5.74, 6) is -0.524. The number of nitrogens with one attached hydrogen (secondary N) is 1. The van der Waals surface area contributed by atoms with E-state index in [1.54, 1.807) is 13.0 Å². The van der Waals surface area contributed by atoms with Crippen molar-refractivity contribution in [3.8, 4) is 0 Å². The second-order valence-electron chi connectivity index (χ2n) is 5.74. The molecule has 114 valence electrons. The number of thiophene rings is 1. The van der Waals surface area contributed by atoms with Crippen molar-refractivity contribution >= 4 is 32.3 Å². The summed E-state index contributed by atoms with van der Waals surface area (Å²) in [5, 5.41) is 0.324. The summed E-state index contributed by atoms with van der Waals surface area (Å²) in [5.41, 5.74) is -0.0887. The highest BCUT2D eigenvalue weighted by molar-refractivity contribution is 7.92. The van der Waals surface area contributed by atoms with E-state index in [4.69, 9.17) is 4.74 Å². The van der Waals surface area contributed by atoms with Gasteiger partial charge in [-0.1, -0.05) is 20.8 Å². The average Bonchev–Trinajstić information content (AvgIpc) is 2.54. The molecule has 0 saturated heterocycles. The van der Waals surface area contributed by atoms with E-state index >= 15 is 0 Å². The van der Waals surface area contributed by atoms with Crippen molar-refractivity contribution in [2.75, 3.05) is 17.1 Å². The van der Waals surface area contributed by atoms with Crippen LogP contribution < -0.4 is 4.72 Å². The van der Waals surface area contributed by atoms with E-state index in [1.165, 1.54) is 11.3 Å². The number of esters is 1. The van der Waals surface area contributed by atoms with E-state index in [2.05, 4.69) is 4.72 Å². The fourth-order valence-electron chi connectivity index (χ4n) is 1.70. The Kier molecular flexibility index (Phi) is 5.21. The molecule has 1 aromatic heterocycles. The lowest BCUT2D eigenvalue weighted by Gasteiger charge is -2.18. The lowest BCUT2D eigenvalue weighted by atomic mass is 10.0. The number of hydrogen-bond acceptors (Lipinski definition) is 5. The van der Waals surface area contributed by atoms with E-state index in [9.17, 15) is 13.2 Å². The van der Waals surface area contributed by atoms with Gasteiger partial charge in [0.05, 0.1) is 17.9 Å². The second kappa shape index (κ2) is 6.13. The molecular weight excluding hydrogens is 298 g/mol. The minimum absolute atomic E-state index is 0.0147. The van der Waals surface area contributed by atoms with Crippen LogP contribution in [-0.4, -0.2) is 26.7 Å². The van der Waals surface area contributed by atoms with Crippen LogP contribution in [0.2, 0.25) is 0 Å². The van der Waals surface area contributed by atoms with Crippen LogP contribution in [0.4, 0.5) is 5.00 Å². The van der Waals surface area contributed by atoms with Gasteiger partial charge in [-0.05, 0) is 25.3 Å². The van der Waals surface area contributed by atoms with Crippen molar-refractivity contribution in [1.82, 2.24) is 0 Å². The van der Waals surface area contributed by atoms with Gasteiger partial charge in [-0.3, -0.25) is 4.72 Å². The summed E-state index contributed by atoms with van der Waals surface area (Å²) < 4.78 is 31.6. The lowest BCUT2D eigenvalue weighted by Crippen LogP contribution is -2.26. The molecule has 0 fully saturated rings. The molecule has 0 aliphatic heterocycles. The zero-order valence-electron chi connectivity index (χ0n) is 12.4. The molecule has 0 aliphatic carbocycles. The molecule has 0 saturated carbocycles. The summed E-state index contributed by atoms with van der Waals surface area (Å²) in [6.45, 7) is 9.31. The van der Waals surface area contributed by atoms with Crippen LogP contribution in [0.1, 0.15) is 42.9 Å².